The van der Waals surface area contributed by atoms with Crippen LogP contribution in [0.4, 0.5) is 35.2 Å². The lowest BCUT2D eigenvalue weighted by Gasteiger charge is -2.14. The topological polar surface area (TPSA) is 89.3 Å². The minimum Gasteiger partial charge on any atom is -0.453 e. The molecule has 1 heterocycles. The summed E-state index contributed by atoms with van der Waals surface area (Å²) in [5, 5.41) is 4.77. The number of amides is 2. The van der Waals surface area contributed by atoms with Crippen molar-refractivity contribution in [3.8, 4) is 11.5 Å². The van der Waals surface area contributed by atoms with Crippen LogP contribution in [0.1, 0.15) is 11.1 Å². The van der Waals surface area contributed by atoms with Gasteiger partial charge in [-0.25, -0.2) is 9.78 Å². The number of aryl methyl sites for hydroxylation is 1. The van der Waals surface area contributed by atoms with Gasteiger partial charge in [0.15, 0.2) is 11.6 Å². The van der Waals surface area contributed by atoms with Crippen LogP contribution in [-0.2, 0) is 6.18 Å². The first-order valence-electron chi connectivity index (χ1n) is 8.67. The van der Waals surface area contributed by atoms with Gasteiger partial charge in [0.2, 0.25) is 0 Å². The molecule has 162 valence electrons. The number of aromatic nitrogens is 1. The van der Waals surface area contributed by atoms with Crippen molar-refractivity contribution in [1.29, 1.82) is 0 Å². The number of pyridine rings is 1. The number of benzene rings is 2. The van der Waals surface area contributed by atoms with Gasteiger partial charge >= 0.3 is 12.2 Å². The summed E-state index contributed by atoms with van der Waals surface area (Å²) in [6.45, 7) is 1.74. The number of anilines is 3. The van der Waals surface area contributed by atoms with Crippen LogP contribution in [0, 0.1) is 6.92 Å². The van der Waals surface area contributed by atoms with Gasteiger partial charge in [-0.3, -0.25) is 0 Å². The molecule has 1 aromatic heterocycles. The molecule has 2 amide bonds. The second-order valence-corrected chi connectivity index (χ2v) is 7.23. The fourth-order valence-corrected chi connectivity index (χ4v) is 2.96. The minimum atomic E-state index is -4.64. The largest absolute Gasteiger partial charge is 0.453 e. The Morgan fingerprint density at radius 1 is 1.03 bits per heavy atom. The standard InChI is InChI=1S/C20H15Cl2F3N4O2/c1-10-6-12(3-5-16(10)31-17-7-11(21)9-27-18(17)26)28-19(30)29-13-2-4-15(22)14(8-13)20(23,24)25/h2-9H,1H3,(H2,26,27)(H2,28,29,30). The smallest absolute Gasteiger partial charge is 0.417 e. The van der Waals surface area contributed by atoms with Crippen molar-refractivity contribution in [2.24, 2.45) is 0 Å². The van der Waals surface area contributed by atoms with Crippen LogP contribution in [0.25, 0.3) is 0 Å². The molecule has 0 spiro atoms. The predicted molar refractivity (Wildman–Crippen MR) is 114 cm³/mol. The van der Waals surface area contributed by atoms with Gasteiger partial charge in [0.1, 0.15) is 5.75 Å². The van der Waals surface area contributed by atoms with Crippen LogP contribution in [0.15, 0.2) is 48.7 Å². The molecule has 0 bridgehead atoms. The molecule has 0 saturated heterocycles. The minimum absolute atomic E-state index is 0.0603. The predicted octanol–water partition coefficient (Wildman–Crippen LogP) is 6.73. The molecule has 0 aliphatic rings. The van der Waals surface area contributed by atoms with Gasteiger partial charge in [-0.2, -0.15) is 13.2 Å². The van der Waals surface area contributed by atoms with Crippen LogP contribution in [-0.4, -0.2) is 11.0 Å². The number of nitrogens with one attached hydrogen (secondary N) is 2. The van der Waals surface area contributed by atoms with Crippen LogP contribution in [0.5, 0.6) is 11.5 Å². The lowest BCUT2D eigenvalue weighted by atomic mass is 10.2. The van der Waals surface area contributed by atoms with Crippen LogP contribution < -0.4 is 21.1 Å². The third kappa shape index (κ3) is 5.71. The highest BCUT2D eigenvalue weighted by atomic mass is 35.5. The zero-order valence-corrected chi connectivity index (χ0v) is 17.4. The molecule has 6 nitrogen and oxygen atoms in total. The van der Waals surface area contributed by atoms with E-state index in [2.05, 4.69) is 15.6 Å². The first-order chi connectivity index (χ1) is 14.5. The Bertz CT molecular complexity index is 1140. The summed E-state index contributed by atoms with van der Waals surface area (Å²) in [7, 11) is 0. The van der Waals surface area contributed by atoms with Gasteiger partial charge in [-0.1, -0.05) is 23.2 Å². The van der Waals surface area contributed by atoms with Gasteiger partial charge in [0.05, 0.1) is 15.6 Å². The average Bonchev–Trinajstić information content (AvgIpc) is 2.67. The molecule has 0 unspecified atom stereocenters. The molecule has 2 aromatic carbocycles. The highest BCUT2D eigenvalue weighted by Gasteiger charge is 2.33. The SMILES string of the molecule is Cc1cc(NC(=O)Nc2ccc(Cl)c(C(F)(F)F)c2)ccc1Oc1cc(Cl)cnc1N. The second kappa shape index (κ2) is 8.91. The summed E-state index contributed by atoms with van der Waals surface area (Å²) < 4.78 is 44.6. The van der Waals surface area contributed by atoms with Gasteiger partial charge in [-0.05, 0) is 48.9 Å². The van der Waals surface area contributed by atoms with Crippen molar-refractivity contribution in [2.45, 2.75) is 13.1 Å². The number of nitrogens with zero attached hydrogens (tertiary/aromatic N) is 1. The third-order valence-corrected chi connectivity index (χ3v) is 4.57. The van der Waals surface area contributed by atoms with E-state index in [9.17, 15) is 18.0 Å². The van der Waals surface area contributed by atoms with Gasteiger partial charge < -0.3 is 21.1 Å². The molecule has 0 radical (unpaired) electrons. The third-order valence-electron chi connectivity index (χ3n) is 4.03. The number of ether oxygens (including phenoxy) is 1. The number of carbonyl (C=O) groups is 1. The number of nitrogen functional groups attached to an aromatic ring is 1. The monoisotopic (exact) mass is 470 g/mol. The maximum absolute atomic E-state index is 13.0. The number of alkyl halides is 3. The van der Waals surface area contributed by atoms with Crippen LogP contribution in [0.2, 0.25) is 10.0 Å². The first kappa shape index (κ1) is 22.5. The van der Waals surface area contributed by atoms with Crippen molar-refractivity contribution in [3.05, 3.63) is 69.8 Å². The van der Waals surface area contributed by atoms with E-state index in [0.717, 1.165) is 12.1 Å². The molecule has 11 heteroatoms. The van der Waals surface area contributed by atoms with Crippen molar-refractivity contribution in [3.63, 3.8) is 0 Å². The number of hydrogen-bond acceptors (Lipinski definition) is 4. The zero-order valence-electron chi connectivity index (χ0n) is 15.8. The molecule has 0 aliphatic carbocycles. The number of nitrogens with two attached hydrogens (primary N) is 1. The highest BCUT2D eigenvalue weighted by molar-refractivity contribution is 6.31. The number of halogens is 5. The Morgan fingerprint density at radius 2 is 1.68 bits per heavy atom. The van der Waals surface area contributed by atoms with Gasteiger partial charge in [0.25, 0.3) is 0 Å². The Hall–Kier alpha value is -3.17. The second-order valence-electron chi connectivity index (χ2n) is 6.39. The molecule has 3 aromatic rings. The zero-order chi connectivity index (χ0) is 22.8. The summed E-state index contributed by atoms with van der Waals surface area (Å²) in [6, 6.07) is 8.64. The molecule has 0 atom stereocenters. The van der Waals surface area contributed by atoms with E-state index >= 15 is 0 Å². The molecule has 0 fully saturated rings. The van der Waals surface area contributed by atoms with Crippen LogP contribution >= 0.6 is 23.2 Å². The van der Waals surface area contributed by atoms with E-state index in [4.69, 9.17) is 33.7 Å². The number of rotatable bonds is 4. The number of hydrogen-bond donors (Lipinski definition) is 3. The molecule has 31 heavy (non-hydrogen) atoms. The van der Waals surface area contributed by atoms with Crippen LogP contribution in [0.3, 0.4) is 0 Å². The van der Waals surface area contributed by atoms with Crippen molar-refractivity contribution in [2.75, 3.05) is 16.4 Å². The average molecular weight is 471 g/mol. The Morgan fingerprint density at radius 3 is 2.32 bits per heavy atom. The van der Waals surface area contributed by atoms with Gasteiger partial charge in [-0.15, -0.1) is 0 Å². The summed E-state index contributed by atoms with van der Waals surface area (Å²) in [6.07, 6.45) is -3.25. The summed E-state index contributed by atoms with van der Waals surface area (Å²) in [4.78, 5) is 16.1. The Labute approximate surface area is 185 Å². The lowest BCUT2D eigenvalue weighted by molar-refractivity contribution is -0.137. The lowest BCUT2D eigenvalue weighted by Crippen LogP contribution is -2.20. The molecular weight excluding hydrogens is 456 g/mol. The summed E-state index contributed by atoms with van der Waals surface area (Å²) >= 11 is 11.5. The maximum Gasteiger partial charge on any atom is 0.417 e. The van der Waals surface area contributed by atoms with Crippen molar-refractivity contribution in [1.82, 2.24) is 4.98 Å². The fraction of sp³-hybridized carbons (Fsp3) is 0.100. The first-order valence-corrected chi connectivity index (χ1v) is 9.43. The molecular formula is C20H15Cl2F3N4O2. The number of carbonyl (C=O) groups excluding carboxylic acids is 1. The molecule has 0 saturated carbocycles. The maximum atomic E-state index is 13.0. The Kier molecular flexibility index (Phi) is 6.47. The molecule has 3 rings (SSSR count). The van der Waals surface area contributed by atoms with E-state index in [0.29, 0.717) is 22.0 Å². The number of urea groups is 1. The normalized spacial score (nSPS) is 11.2. The van der Waals surface area contributed by atoms with E-state index in [1.54, 1.807) is 25.1 Å². The van der Waals surface area contributed by atoms with Crippen molar-refractivity contribution < 1.29 is 22.7 Å². The summed E-state index contributed by atoms with van der Waals surface area (Å²) in [5.74, 6) is 0.887. The van der Waals surface area contributed by atoms with E-state index < -0.39 is 22.8 Å². The van der Waals surface area contributed by atoms with Gasteiger partial charge in [0, 0.05) is 23.6 Å². The Balaban J connectivity index is 1.70. The molecule has 0 aliphatic heterocycles. The fourth-order valence-electron chi connectivity index (χ4n) is 2.59. The van der Waals surface area contributed by atoms with E-state index in [1.165, 1.54) is 18.3 Å². The summed E-state index contributed by atoms with van der Waals surface area (Å²) in [5.41, 5.74) is 5.71. The quantitative estimate of drug-likeness (QED) is 0.394. The molecule has 4 N–H and O–H groups in total. The van der Waals surface area contributed by atoms with E-state index in [-0.39, 0.29) is 17.3 Å². The highest BCUT2D eigenvalue weighted by Crippen LogP contribution is 2.36. The van der Waals surface area contributed by atoms with Crippen molar-refractivity contribution >= 4 is 46.4 Å². The van der Waals surface area contributed by atoms with E-state index in [1.807, 2.05) is 0 Å².